The van der Waals surface area contributed by atoms with Crippen molar-refractivity contribution in [3.05, 3.63) is 80.3 Å². The van der Waals surface area contributed by atoms with Crippen LogP contribution >= 0.6 is 34.5 Å². The van der Waals surface area contributed by atoms with Crippen molar-refractivity contribution in [1.82, 2.24) is 4.98 Å². The number of carbonyl (C=O) groups is 1. The average Bonchev–Trinajstić information content (AvgIpc) is 3.22. The highest BCUT2D eigenvalue weighted by Crippen LogP contribution is 2.26. The third-order valence-corrected chi connectivity index (χ3v) is 6.11. The van der Waals surface area contributed by atoms with Crippen LogP contribution in [0.5, 0.6) is 5.75 Å². The average molecular weight is 486 g/mol. The maximum Gasteiger partial charge on any atom is 0.268 e. The van der Waals surface area contributed by atoms with Gasteiger partial charge in [0.05, 0.1) is 16.7 Å². The predicted molar refractivity (Wildman–Crippen MR) is 130 cm³/mol. The summed E-state index contributed by atoms with van der Waals surface area (Å²) in [6.45, 7) is 2.77. The van der Waals surface area contributed by atoms with Crippen LogP contribution < -0.4 is 10.1 Å². The van der Waals surface area contributed by atoms with Crippen molar-refractivity contribution in [2.75, 3.05) is 11.9 Å². The minimum absolute atomic E-state index is 0.00844. The van der Waals surface area contributed by atoms with Crippen molar-refractivity contribution in [3.8, 4) is 11.8 Å². The molecule has 0 aliphatic rings. The first-order valence-electron chi connectivity index (χ1n) is 10.0. The minimum Gasteiger partial charge on any atom is -0.494 e. The van der Waals surface area contributed by atoms with Gasteiger partial charge in [-0.1, -0.05) is 54.7 Å². The van der Waals surface area contributed by atoms with Crippen LogP contribution in [-0.2, 0) is 11.2 Å². The molecule has 3 rings (SSSR count). The SMILES string of the molecule is CCCCOc1ccc(C=C(C#N)C(=O)Nc2ncc(Cc3ccc(Cl)c(Cl)c3)s2)cc1. The summed E-state index contributed by atoms with van der Waals surface area (Å²) in [7, 11) is 0. The fourth-order valence-corrected chi connectivity index (χ4v) is 3.93. The molecule has 164 valence electrons. The number of halogens is 2. The van der Waals surface area contributed by atoms with Gasteiger partial charge in [0.1, 0.15) is 17.4 Å². The van der Waals surface area contributed by atoms with E-state index in [-0.39, 0.29) is 5.57 Å². The molecule has 0 spiro atoms. The minimum atomic E-state index is -0.508. The van der Waals surface area contributed by atoms with Gasteiger partial charge in [0.25, 0.3) is 5.91 Å². The normalized spacial score (nSPS) is 11.1. The third-order valence-electron chi connectivity index (χ3n) is 4.46. The highest BCUT2D eigenvalue weighted by molar-refractivity contribution is 7.15. The molecule has 0 aliphatic heterocycles. The number of carbonyl (C=O) groups excluding carboxylic acids is 1. The molecule has 5 nitrogen and oxygen atoms in total. The van der Waals surface area contributed by atoms with Crippen molar-refractivity contribution in [2.45, 2.75) is 26.2 Å². The second kappa shape index (κ2) is 11.7. The molecule has 0 bridgehead atoms. The molecule has 0 unspecified atom stereocenters. The van der Waals surface area contributed by atoms with E-state index in [1.807, 2.05) is 36.4 Å². The Morgan fingerprint density at radius 2 is 2.00 bits per heavy atom. The second-order valence-electron chi connectivity index (χ2n) is 6.95. The fourth-order valence-electron chi connectivity index (χ4n) is 2.77. The van der Waals surface area contributed by atoms with Crippen molar-refractivity contribution in [3.63, 3.8) is 0 Å². The second-order valence-corrected chi connectivity index (χ2v) is 8.88. The lowest BCUT2D eigenvalue weighted by Gasteiger charge is -2.05. The van der Waals surface area contributed by atoms with Gasteiger partial charge < -0.3 is 4.74 Å². The molecule has 1 amide bonds. The number of hydrogen-bond acceptors (Lipinski definition) is 5. The Labute approximate surface area is 201 Å². The highest BCUT2D eigenvalue weighted by Gasteiger charge is 2.13. The third kappa shape index (κ3) is 6.83. The Balaban J connectivity index is 1.62. The van der Waals surface area contributed by atoms with E-state index >= 15 is 0 Å². The Bertz CT molecular complexity index is 1150. The smallest absolute Gasteiger partial charge is 0.268 e. The maximum absolute atomic E-state index is 12.5. The zero-order valence-corrected chi connectivity index (χ0v) is 19.7. The van der Waals surface area contributed by atoms with E-state index in [4.69, 9.17) is 27.9 Å². The molecule has 1 heterocycles. The van der Waals surface area contributed by atoms with Gasteiger partial charge in [-0.05, 0) is 47.9 Å². The number of anilines is 1. The number of rotatable bonds is 9. The number of nitrogens with zero attached hydrogens (tertiary/aromatic N) is 2. The van der Waals surface area contributed by atoms with Crippen LogP contribution in [0, 0.1) is 11.3 Å². The molecular weight excluding hydrogens is 465 g/mol. The number of unbranched alkanes of at least 4 members (excludes halogenated alkanes) is 1. The predicted octanol–water partition coefficient (Wildman–Crippen LogP) is 6.77. The lowest BCUT2D eigenvalue weighted by atomic mass is 10.1. The zero-order chi connectivity index (χ0) is 22.9. The van der Waals surface area contributed by atoms with Gasteiger partial charge in [-0.2, -0.15) is 5.26 Å². The lowest BCUT2D eigenvalue weighted by molar-refractivity contribution is -0.112. The number of nitriles is 1. The van der Waals surface area contributed by atoms with Gasteiger partial charge >= 0.3 is 0 Å². The van der Waals surface area contributed by atoms with Crippen molar-refractivity contribution in [1.29, 1.82) is 5.26 Å². The summed E-state index contributed by atoms with van der Waals surface area (Å²) in [4.78, 5) is 17.7. The molecule has 0 saturated carbocycles. The van der Waals surface area contributed by atoms with Gasteiger partial charge in [0.2, 0.25) is 0 Å². The van der Waals surface area contributed by atoms with E-state index in [0.29, 0.717) is 28.2 Å². The van der Waals surface area contributed by atoms with Crippen LogP contribution in [0.15, 0.2) is 54.2 Å². The molecule has 1 N–H and O–H groups in total. The summed E-state index contributed by atoms with van der Waals surface area (Å²) in [5.41, 5.74) is 1.71. The van der Waals surface area contributed by atoms with E-state index < -0.39 is 5.91 Å². The summed E-state index contributed by atoms with van der Waals surface area (Å²) in [5.74, 6) is 0.252. The van der Waals surface area contributed by atoms with E-state index in [0.717, 1.165) is 34.6 Å². The Hall–Kier alpha value is -2.85. The van der Waals surface area contributed by atoms with Crippen molar-refractivity contribution < 1.29 is 9.53 Å². The number of benzene rings is 2. The summed E-state index contributed by atoms with van der Waals surface area (Å²) in [5, 5.41) is 13.5. The molecule has 0 fully saturated rings. The molecule has 0 saturated heterocycles. The summed E-state index contributed by atoms with van der Waals surface area (Å²) in [6, 6.07) is 14.7. The number of amides is 1. The lowest BCUT2D eigenvalue weighted by Crippen LogP contribution is -2.13. The first-order valence-corrected chi connectivity index (χ1v) is 11.6. The van der Waals surface area contributed by atoms with Gasteiger partial charge in [-0.25, -0.2) is 4.98 Å². The quantitative estimate of drug-likeness (QED) is 0.206. The van der Waals surface area contributed by atoms with Crippen molar-refractivity contribution in [2.24, 2.45) is 0 Å². The largest absolute Gasteiger partial charge is 0.494 e. The summed E-state index contributed by atoms with van der Waals surface area (Å²) in [6.07, 6.45) is 5.90. The first kappa shape index (κ1) is 23.8. The molecule has 0 aliphatic carbocycles. The standard InChI is InChI=1S/C24H21Cl2N3O2S/c1-2-3-10-31-19-7-4-16(5-8-19)11-18(14-27)23(30)29-24-28-15-20(32-24)12-17-6-9-21(25)22(26)13-17/h4-9,11,13,15H,2-3,10,12H2,1H3,(H,28,29,30). The van der Waals surface area contributed by atoms with E-state index in [9.17, 15) is 10.1 Å². The van der Waals surface area contributed by atoms with Gasteiger partial charge in [-0.3, -0.25) is 10.1 Å². The summed E-state index contributed by atoms with van der Waals surface area (Å²) < 4.78 is 5.63. The van der Waals surface area contributed by atoms with Crippen LogP contribution in [-0.4, -0.2) is 17.5 Å². The topological polar surface area (TPSA) is 75.0 Å². The van der Waals surface area contributed by atoms with Crippen LogP contribution in [0.25, 0.3) is 6.08 Å². The van der Waals surface area contributed by atoms with Gasteiger partial charge in [0.15, 0.2) is 5.13 Å². The van der Waals surface area contributed by atoms with E-state index in [1.54, 1.807) is 18.3 Å². The van der Waals surface area contributed by atoms with Crippen LogP contribution in [0.2, 0.25) is 10.0 Å². The first-order chi connectivity index (χ1) is 15.5. The van der Waals surface area contributed by atoms with Crippen LogP contribution in [0.1, 0.15) is 35.8 Å². The Morgan fingerprint density at radius 1 is 1.22 bits per heavy atom. The van der Waals surface area contributed by atoms with Gasteiger partial charge in [0, 0.05) is 17.5 Å². The summed E-state index contributed by atoms with van der Waals surface area (Å²) >= 11 is 13.4. The molecule has 1 aromatic heterocycles. The molecule has 0 atom stereocenters. The number of hydrogen-bond donors (Lipinski definition) is 1. The van der Waals surface area contributed by atoms with E-state index in [1.165, 1.54) is 17.4 Å². The molecule has 32 heavy (non-hydrogen) atoms. The molecule has 8 heteroatoms. The Kier molecular flexibility index (Phi) is 8.69. The van der Waals surface area contributed by atoms with Crippen LogP contribution in [0.4, 0.5) is 5.13 Å². The van der Waals surface area contributed by atoms with Gasteiger partial charge in [-0.15, -0.1) is 11.3 Å². The van der Waals surface area contributed by atoms with Crippen molar-refractivity contribution >= 4 is 51.7 Å². The number of nitrogens with one attached hydrogen (secondary N) is 1. The Morgan fingerprint density at radius 3 is 2.69 bits per heavy atom. The molecular formula is C24H21Cl2N3O2S. The molecule has 2 aromatic carbocycles. The van der Waals surface area contributed by atoms with Crippen LogP contribution in [0.3, 0.4) is 0 Å². The monoisotopic (exact) mass is 485 g/mol. The number of aromatic nitrogens is 1. The molecule has 3 aromatic rings. The van der Waals surface area contributed by atoms with E-state index in [2.05, 4.69) is 17.2 Å². The molecule has 0 radical (unpaired) electrons. The maximum atomic E-state index is 12.5. The zero-order valence-electron chi connectivity index (χ0n) is 17.4. The number of ether oxygens (including phenoxy) is 1. The highest BCUT2D eigenvalue weighted by atomic mass is 35.5. The number of thiazole rings is 1. The fraction of sp³-hybridized carbons (Fsp3) is 0.208.